The highest BCUT2D eigenvalue weighted by molar-refractivity contribution is 7.99. The Morgan fingerprint density at radius 3 is 3.07 bits per heavy atom. The number of halogens is 1. The topological polar surface area (TPSA) is 83.6 Å². The number of fused-ring (bicyclic) bond motifs is 1. The van der Waals surface area contributed by atoms with E-state index in [1.165, 1.54) is 16.6 Å². The van der Waals surface area contributed by atoms with Gasteiger partial charge < -0.3 is 5.32 Å². The average Bonchev–Trinajstić information content (AvgIpc) is 3.31. The molecule has 0 saturated carbocycles. The second-order valence-electron chi connectivity index (χ2n) is 6.64. The molecule has 1 aliphatic rings. The molecule has 1 N–H and O–H groups in total. The van der Waals surface area contributed by atoms with Crippen LogP contribution in [0, 0.1) is 11.3 Å². The SMILES string of the molecule is N#Cc1c(NC(=O)CCSc2nncn2-c2cccc(Cl)c2)sc2c1CCCC2. The van der Waals surface area contributed by atoms with Crippen molar-refractivity contribution in [2.45, 2.75) is 37.3 Å². The zero-order valence-corrected chi connectivity index (χ0v) is 17.9. The number of thioether (sulfide) groups is 1. The van der Waals surface area contributed by atoms with Gasteiger partial charge in [-0.3, -0.25) is 9.36 Å². The van der Waals surface area contributed by atoms with Gasteiger partial charge in [0.05, 0.1) is 11.3 Å². The fourth-order valence-electron chi connectivity index (χ4n) is 3.32. The number of hydrogen-bond donors (Lipinski definition) is 1. The minimum atomic E-state index is -0.0959. The molecule has 0 atom stereocenters. The van der Waals surface area contributed by atoms with E-state index < -0.39 is 0 Å². The standard InChI is InChI=1S/C20H18ClN5OS2/c21-13-4-3-5-14(10-13)26-12-23-25-20(26)28-9-8-18(27)24-19-16(11-22)15-6-1-2-7-17(15)29-19/h3-5,10,12H,1-2,6-9H2,(H,24,27). The summed E-state index contributed by atoms with van der Waals surface area (Å²) in [5, 5.41) is 22.6. The monoisotopic (exact) mass is 443 g/mol. The van der Waals surface area contributed by atoms with E-state index in [0.717, 1.165) is 36.9 Å². The summed E-state index contributed by atoms with van der Waals surface area (Å²) in [4.78, 5) is 13.7. The van der Waals surface area contributed by atoms with E-state index in [4.69, 9.17) is 11.6 Å². The van der Waals surface area contributed by atoms with Crippen LogP contribution in [0.15, 0.2) is 35.7 Å². The zero-order valence-electron chi connectivity index (χ0n) is 15.5. The molecule has 0 saturated heterocycles. The van der Waals surface area contributed by atoms with Gasteiger partial charge in [0.1, 0.15) is 17.4 Å². The predicted molar refractivity (Wildman–Crippen MR) is 116 cm³/mol. The predicted octanol–water partition coefficient (Wildman–Crippen LogP) is 4.85. The minimum absolute atomic E-state index is 0.0959. The molecule has 0 bridgehead atoms. The van der Waals surface area contributed by atoms with Crippen molar-refractivity contribution in [3.8, 4) is 11.8 Å². The molecular weight excluding hydrogens is 426 g/mol. The van der Waals surface area contributed by atoms with Gasteiger partial charge in [0, 0.05) is 22.1 Å². The maximum atomic E-state index is 12.4. The Labute approximate surface area is 181 Å². The molecule has 0 radical (unpaired) electrons. The van der Waals surface area contributed by atoms with Gasteiger partial charge in [-0.2, -0.15) is 5.26 Å². The third-order valence-electron chi connectivity index (χ3n) is 4.70. The summed E-state index contributed by atoms with van der Waals surface area (Å²) >= 11 is 9.06. The number of aromatic nitrogens is 3. The Bertz CT molecular complexity index is 1080. The Morgan fingerprint density at radius 1 is 1.38 bits per heavy atom. The number of carbonyl (C=O) groups is 1. The van der Waals surface area contributed by atoms with Crippen LogP contribution >= 0.6 is 34.7 Å². The molecule has 2 heterocycles. The lowest BCUT2D eigenvalue weighted by Crippen LogP contribution is -2.12. The first-order chi connectivity index (χ1) is 14.2. The summed E-state index contributed by atoms with van der Waals surface area (Å²) in [5.41, 5.74) is 2.65. The quantitative estimate of drug-likeness (QED) is 0.550. The summed E-state index contributed by atoms with van der Waals surface area (Å²) in [6, 6.07) is 9.72. The fraction of sp³-hybridized carbons (Fsp3) is 0.300. The summed E-state index contributed by atoms with van der Waals surface area (Å²) < 4.78 is 1.84. The van der Waals surface area contributed by atoms with Gasteiger partial charge >= 0.3 is 0 Å². The van der Waals surface area contributed by atoms with Crippen LogP contribution in [0.5, 0.6) is 0 Å². The van der Waals surface area contributed by atoms with E-state index >= 15 is 0 Å². The van der Waals surface area contributed by atoms with Crippen molar-refractivity contribution in [1.82, 2.24) is 14.8 Å². The minimum Gasteiger partial charge on any atom is -0.317 e. The van der Waals surface area contributed by atoms with Crippen molar-refractivity contribution >= 4 is 45.6 Å². The molecule has 0 fully saturated rings. The Morgan fingerprint density at radius 2 is 2.24 bits per heavy atom. The molecule has 9 heteroatoms. The van der Waals surface area contributed by atoms with Crippen LogP contribution in [0.2, 0.25) is 5.02 Å². The smallest absolute Gasteiger partial charge is 0.225 e. The Hall–Kier alpha value is -2.34. The number of rotatable bonds is 6. The van der Waals surface area contributed by atoms with E-state index in [1.54, 1.807) is 17.7 Å². The third kappa shape index (κ3) is 4.47. The highest BCUT2D eigenvalue weighted by Gasteiger charge is 2.21. The molecular formula is C20H18ClN5OS2. The van der Waals surface area contributed by atoms with Crippen molar-refractivity contribution in [3.63, 3.8) is 0 Å². The normalized spacial score (nSPS) is 13.0. The highest BCUT2D eigenvalue weighted by Crippen LogP contribution is 2.37. The number of benzene rings is 1. The van der Waals surface area contributed by atoms with E-state index in [0.29, 0.717) is 32.9 Å². The highest BCUT2D eigenvalue weighted by atomic mass is 35.5. The molecule has 4 rings (SSSR count). The second-order valence-corrected chi connectivity index (χ2v) is 9.24. The van der Waals surface area contributed by atoms with Crippen molar-refractivity contribution in [2.75, 3.05) is 11.1 Å². The van der Waals surface area contributed by atoms with Crippen molar-refractivity contribution < 1.29 is 4.79 Å². The van der Waals surface area contributed by atoms with Crippen LogP contribution in [-0.4, -0.2) is 26.4 Å². The van der Waals surface area contributed by atoms with Gasteiger partial charge in [0.25, 0.3) is 0 Å². The van der Waals surface area contributed by atoms with Gasteiger partial charge in [0.2, 0.25) is 5.91 Å². The van der Waals surface area contributed by atoms with Crippen LogP contribution in [0.1, 0.15) is 35.3 Å². The van der Waals surface area contributed by atoms with E-state index in [9.17, 15) is 10.1 Å². The number of nitrogens with zero attached hydrogens (tertiary/aromatic N) is 4. The summed E-state index contributed by atoms with van der Waals surface area (Å²) in [7, 11) is 0. The van der Waals surface area contributed by atoms with Gasteiger partial charge in [-0.15, -0.1) is 21.5 Å². The van der Waals surface area contributed by atoms with Crippen molar-refractivity contribution in [3.05, 3.63) is 51.6 Å². The molecule has 29 heavy (non-hydrogen) atoms. The van der Waals surface area contributed by atoms with E-state index in [-0.39, 0.29) is 5.91 Å². The molecule has 1 amide bonds. The molecule has 0 unspecified atom stereocenters. The van der Waals surface area contributed by atoms with Gasteiger partial charge in [-0.25, -0.2) is 0 Å². The number of amides is 1. The molecule has 1 aliphatic carbocycles. The van der Waals surface area contributed by atoms with Crippen LogP contribution in [0.25, 0.3) is 5.69 Å². The van der Waals surface area contributed by atoms with Crippen LogP contribution in [0.3, 0.4) is 0 Å². The van der Waals surface area contributed by atoms with Crippen LogP contribution < -0.4 is 5.32 Å². The molecule has 1 aromatic carbocycles. The number of hydrogen-bond acceptors (Lipinski definition) is 6. The summed E-state index contributed by atoms with van der Waals surface area (Å²) in [6.45, 7) is 0. The summed E-state index contributed by atoms with van der Waals surface area (Å²) in [6.07, 6.45) is 6.13. The molecule has 148 valence electrons. The number of aryl methyl sites for hydroxylation is 1. The zero-order chi connectivity index (χ0) is 20.2. The molecule has 0 spiro atoms. The Balaban J connectivity index is 1.37. The number of carbonyl (C=O) groups excluding carboxylic acids is 1. The summed E-state index contributed by atoms with van der Waals surface area (Å²) in [5.74, 6) is 0.458. The molecule has 3 aromatic rings. The number of thiophene rings is 1. The van der Waals surface area contributed by atoms with Crippen molar-refractivity contribution in [1.29, 1.82) is 5.26 Å². The molecule has 6 nitrogen and oxygen atoms in total. The first-order valence-electron chi connectivity index (χ1n) is 9.29. The molecule has 0 aliphatic heterocycles. The number of anilines is 1. The van der Waals surface area contributed by atoms with Crippen LogP contribution in [-0.2, 0) is 17.6 Å². The van der Waals surface area contributed by atoms with E-state index in [2.05, 4.69) is 21.6 Å². The first kappa shape index (κ1) is 20.0. The van der Waals surface area contributed by atoms with Gasteiger partial charge in [-0.1, -0.05) is 29.4 Å². The van der Waals surface area contributed by atoms with Crippen LogP contribution in [0.4, 0.5) is 5.00 Å². The van der Waals surface area contributed by atoms with Gasteiger partial charge in [-0.05, 0) is 49.4 Å². The number of nitriles is 1. The number of nitrogens with one attached hydrogen (secondary N) is 1. The largest absolute Gasteiger partial charge is 0.317 e. The maximum absolute atomic E-state index is 12.4. The second kappa shape index (κ2) is 8.99. The first-order valence-corrected chi connectivity index (χ1v) is 11.5. The maximum Gasteiger partial charge on any atom is 0.225 e. The third-order valence-corrected chi connectivity index (χ3v) is 7.09. The molecule has 2 aromatic heterocycles. The fourth-order valence-corrected chi connectivity index (χ4v) is 5.63. The average molecular weight is 444 g/mol. The van der Waals surface area contributed by atoms with Gasteiger partial charge in [0.15, 0.2) is 5.16 Å². The lowest BCUT2D eigenvalue weighted by atomic mass is 9.96. The lowest BCUT2D eigenvalue weighted by Gasteiger charge is -2.09. The Kier molecular flexibility index (Phi) is 6.19. The van der Waals surface area contributed by atoms with Crippen molar-refractivity contribution in [2.24, 2.45) is 0 Å². The lowest BCUT2D eigenvalue weighted by molar-refractivity contribution is -0.115. The van der Waals surface area contributed by atoms with E-state index in [1.807, 2.05) is 28.8 Å².